The first-order valence-corrected chi connectivity index (χ1v) is 13.8. The standard InChI is InChI=1S/C28H20Br2N2O3S/c1-16-2-13-26(36-16)23-15-24-22-14-20(30)9-12-25(22)35-27(32(24)31-23)17-5-10-21(11-6-17)34-28(33)18-3-7-19(29)8-4-18/h2-14,24,27H,15H2,1H3/t24-,27+/m0/s1. The number of nitrogens with zero attached hydrogens (tertiary/aromatic N) is 2. The van der Waals surface area contributed by atoms with Gasteiger partial charge in [-0.3, -0.25) is 0 Å². The Balaban J connectivity index is 1.29. The smallest absolute Gasteiger partial charge is 0.343 e. The van der Waals surface area contributed by atoms with Gasteiger partial charge in [-0.15, -0.1) is 11.3 Å². The van der Waals surface area contributed by atoms with Crippen LogP contribution in [0.4, 0.5) is 0 Å². The summed E-state index contributed by atoms with van der Waals surface area (Å²) in [6.07, 6.45) is 0.421. The van der Waals surface area contributed by atoms with Gasteiger partial charge < -0.3 is 9.47 Å². The molecule has 0 unspecified atom stereocenters. The van der Waals surface area contributed by atoms with E-state index >= 15 is 0 Å². The van der Waals surface area contributed by atoms with Gasteiger partial charge in [-0.2, -0.15) is 5.10 Å². The van der Waals surface area contributed by atoms with Gasteiger partial charge in [-0.1, -0.05) is 31.9 Å². The first-order valence-electron chi connectivity index (χ1n) is 11.4. The summed E-state index contributed by atoms with van der Waals surface area (Å²) in [4.78, 5) is 15.0. The molecule has 0 spiro atoms. The molecular formula is C28H20Br2N2O3S. The number of carbonyl (C=O) groups excluding carboxylic acids is 1. The second-order valence-corrected chi connectivity index (χ2v) is 11.8. The van der Waals surface area contributed by atoms with Gasteiger partial charge in [-0.25, -0.2) is 9.80 Å². The highest BCUT2D eigenvalue weighted by molar-refractivity contribution is 9.10. The first-order chi connectivity index (χ1) is 17.4. The number of hydrogen-bond acceptors (Lipinski definition) is 6. The maximum atomic E-state index is 12.5. The van der Waals surface area contributed by atoms with E-state index in [4.69, 9.17) is 14.6 Å². The van der Waals surface area contributed by atoms with E-state index in [1.807, 2.05) is 36.4 Å². The Kier molecular flexibility index (Phi) is 6.19. The molecule has 36 heavy (non-hydrogen) atoms. The van der Waals surface area contributed by atoms with Crippen LogP contribution in [0.15, 0.2) is 92.9 Å². The normalized spacial score (nSPS) is 18.2. The van der Waals surface area contributed by atoms with E-state index < -0.39 is 12.2 Å². The van der Waals surface area contributed by atoms with Gasteiger partial charge in [-0.05, 0) is 85.8 Å². The van der Waals surface area contributed by atoms with Crippen molar-refractivity contribution in [2.24, 2.45) is 5.10 Å². The summed E-state index contributed by atoms with van der Waals surface area (Å²) in [6.45, 7) is 2.11. The van der Waals surface area contributed by atoms with Gasteiger partial charge in [0.05, 0.1) is 22.2 Å². The molecule has 8 heteroatoms. The fourth-order valence-electron chi connectivity index (χ4n) is 4.47. The molecule has 1 aromatic heterocycles. The Morgan fingerprint density at radius 3 is 2.47 bits per heavy atom. The van der Waals surface area contributed by atoms with Gasteiger partial charge in [0.15, 0.2) is 0 Å². The first kappa shape index (κ1) is 23.5. The summed E-state index contributed by atoms with van der Waals surface area (Å²) in [5.41, 5.74) is 3.61. The van der Waals surface area contributed by atoms with Crippen LogP contribution in [0.1, 0.15) is 49.9 Å². The number of hydrogen-bond donors (Lipinski definition) is 0. The third-order valence-corrected chi connectivity index (χ3v) is 8.30. The lowest BCUT2D eigenvalue weighted by molar-refractivity contribution is -0.0190. The fourth-order valence-corrected chi connectivity index (χ4v) is 5.97. The number of benzene rings is 3. The van der Waals surface area contributed by atoms with Gasteiger partial charge in [0.1, 0.15) is 11.5 Å². The zero-order valence-electron chi connectivity index (χ0n) is 19.2. The van der Waals surface area contributed by atoms with E-state index in [1.54, 1.807) is 35.6 Å². The molecule has 2 aliphatic heterocycles. The Bertz CT molecular complexity index is 1480. The molecule has 0 radical (unpaired) electrons. The van der Waals surface area contributed by atoms with Gasteiger partial charge in [0, 0.05) is 31.4 Å². The minimum atomic E-state index is -0.399. The summed E-state index contributed by atoms with van der Waals surface area (Å²) in [6, 6.07) is 25.0. The fraction of sp³-hybridized carbons (Fsp3) is 0.143. The van der Waals surface area contributed by atoms with Crippen LogP contribution < -0.4 is 9.47 Å². The highest BCUT2D eigenvalue weighted by atomic mass is 79.9. The lowest BCUT2D eigenvalue weighted by Crippen LogP contribution is -2.33. The average molecular weight is 624 g/mol. The van der Waals surface area contributed by atoms with E-state index in [-0.39, 0.29) is 6.04 Å². The van der Waals surface area contributed by atoms with Crippen LogP contribution in [0.2, 0.25) is 0 Å². The lowest BCUT2D eigenvalue weighted by atomic mass is 9.97. The largest absolute Gasteiger partial charge is 0.464 e. The van der Waals surface area contributed by atoms with Crippen molar-refractivity contribution in [1.82, 2.24) is 5.01 Å². The molecule has 0 saturated heterocycles. The Hall–Kier alpha value is -2.94. The van der Waals surface area contributed by atoms with E-state index in [1.165, 1.54) is 9.75 Å². The molecular weight excluding hydrogens is 604 g/mol. The molecule has 3 aromatic carbocycles. The molecule has 0 aliphatic carbocycles. The second-order valence-electron chi connectivity index (χ2n) is 8.67. The molecule has 6 rings (SSSR count). The summed E-state index contributed by atoms with van der Waals surface area (Å²) in [7, 11) is 0. The SMILES string of the molecule is Cc1ccc(C2=NN3[C@@H](c4ccc(OC(=O)c5ccc(Br)cc5)cc4)Oc4ccc(Br)cc4[C@@H]3C2)s1. The van der Waals surface area contributed by atoms with Crippen molar-refractivity contribution in [3.8, 4) is 11.5 Å². The molecule has 180 valence electrons. The lowest BCUT2D eigenvalue weighted by Gasteiger charge is -2.38. The van der Waals surface area contributed by atoms with Crippen molar-refractivity contribution >= 4 is 54.9 Å². The number of ether oxygens (including phenoxy) is 2. The molecule has 0 saturated carbocycles. The third kappa shape index (κ3) is 4.49. The van der Waals surface area contributed by atoms with Crippen molar-refractivity contribution in [3.05, 3.63) is 114 Å². The van der Waals surface area contributed by atoms with Gasteiger partial charge in [0.25, 0.3) is 0 Å². The van der Waals surface area contributed by atoms with Crippen LogP contribution >= 0.6 is 43.2 Å². The van der Waals surface area contributed by atoms with E-state index in [2.05, 4.69) is 62.0 Å². The van der Waals surface area contributed by atoms with Gasteiger partial charge in [0.2, 0.25) is 6.23 Å². The van der Waals surface area contributed by atoms with Crippen LogP contribution in [0.25, 0.3) is 0 Å². The average Bonchev–Trinajstić information content (AvgIpc) is 3.51. The number of fused-ring (bicyclic) bond motifs is 3. The quantitative estimate of drug-likeness (QED) is 0.170. The van der Waals surface area contributed by atoms with Crippen LogP contribution in [-0.4, -0.2) is 16.7 Å². The molecule has 0 N–H and O–H groups in total. The number of thiophene rings is 1. The number of hydrazone groups is 1. The predicted molar refractivity (Wildman–Crippen MR) is 148 cm³/mol. The van der Waals surface area contributed by atoms with Crippen LogP contribution in [0.5, 0.6) is 11.5 Å². The Morgan fingerprint density at radius 1 is 1.00 bits per heavy atom. The highest BCUT2D eigenvalue weighted by Crippen LogP contribution is 2.48. The topological polar surface area (TPSA) is 51.1 Å². The molecule has 0 bridgehead atoms. The number of rotatable bonds is 4. The number of esters is 1. The molecule has 4 aromatic rings. The minimum Gasteiger partial charge on any atom is -0.464 e. The molecule has 2 aliphatic rings. The van der Waals surface area contributed by atoms with E-state index in [9.17, 15) is 4.79 Å². The molecule has 0 amide bonds. The summed E-state index contributed by atoms with van der Waals surface area (Å²) < 4.78 is 14.0. The zero-order chi connectivity index (χ0) is 24.8. The van der Waals surface area contributed by atoms with E-state index in [0.29, 0.717) is 11.3 Å². The number of aryl methyl sites for hydroxylation is 1. The third-order valence-electron chi connectivity index (χ3n) is 6.23. The van der Waals surface area contributed by atoms with Gasteiger partial charge >= 0.3 is 5.97 Å². The summed E-state index contributed by atoms with van der Waals surface area (Å²) in [5, 5.41) is 7.09. The minimum absolute atomic E-state index is 0.0727. The monoisotopic (exact) mass is 622 g/mol. The van der Waals surface area contributed by atoms with Crippen molar-refractivity contribution < 1.29 is 14.3 Å². The predicted octanol–water partition coefficient (Wildman–Crippen LogP) is 8.04. The molecule has 5 nitrogen and oxygen atoms in total. The maximum Gasteiger partial charge on any atom is 0.343 e. The van der Waals surface area contributed by atoms with Crippen LogP contribution in [-0.2, 0) is 0 Å². The van der Waals surface area contributed by atoms with Crippen molar-refractivity contribution in [2.45, 2.75) is 25.6 Å². The molecule has 2 atom stereocenters. The number of halogens is 2. The molecule has 3 heterocycles. The maximum absolute atomic E-state index is 12.5. The van der Waals surface area contributed by atoms with Crippen LogP contribution in [0, 0.1) is 6.92 Å². The second kappa shape index (κ2) is 9.50. The Labute approximate surface area is 229 Å². The number of carbonyl (C=O) groups is 1. The zero-order valence-corrected chi connectivity index (χ0v) is 23.1. The summed E-state index contributed by atoms with van der Waals surface area (Å²) >= 11 is 8.74. The highest BCUT2D eigenvalue weighted by Gasteiger charge is 2.41. The van der Waals surface area contributed by atoms with Crippen molar-refractivity contribution in [2.75, 3.05) is 0 Å². The van der Waals surface area contributed by atoms with E-state index in [0.717, 1.165) is 38.0 Å². The van der Waals surface area contributed by atoms with Crippen LogP contribution in [0.3, 0.4) is 0 Å². The summed E-state index contributed by atoms with van der Waals surface area (Å²) in [5.74, 6) is 0.931. The molecule has 0 fully saturated rings. The van der Waals surface area contributed by atoms with Crippen molar-refractivity contribution in [3.63, 3.8) is 0 Å². The van der Waals surface area contributed by atoms with Crippen molar-refractivity contribution in [1.29, 1.82) is 0 Å². The Morgan fingerprint density at radius 2 is 1.75 bits per heavy atom.